The Morgan fingerprint density at radius 1 is 0.929 bits per heavy atom. The number of aliphatic imine (C=N–C) groups is 2. The molecule has 2 nitrogen and oxygen atoms in total. The van der Waals surface area contributed by atoms with Crippen molar-refractivity contribution in [3.8, 4) is 0 Å². The van der Waals surface area contributed by atoms with Crippen molar-refractivity contribution < 1.29 is 0 Å². The summed E-state index contributed by atoms with van der Waals surface area (Å²) in [4.78, 5) is 8.55. The van der Waals surface area contributed by atoms with Crippen LogP contribution in [0.1, 0.15) is 12.8 Å². The van der Waals surface area contributed by atoms with Gasteiger partial charge in [0.2, 0.25) is 0 Å². The maximum absolute atomic E-state index is 5.79. The quantitative estimate of drug-likeness (QED) is 0.547. The van der Waals surface area contributed by atoms with Crippen LogP contribution >= 0.6 is 0 Å². The van der Waals surface area contributed by atoms with Crippen molar-refractivity contribution in [2.24, 2.45) is 9.98 Å². The van der Waals surface area contributed by atoms with Crippen molar-refractivity contribution in [1.82, 2.24) is 0 Å². The molecule has 0 amide bonds. The number of allylic oxidation sites excluding steroid dienone is 2. The second kappa shape index (κ2) is 3.99. The van der Waals surface area contributed by atoms with Crippen LogP contribution in [0.5, 0.6) is 0 Å². The van der Waals surface area contributed by atoms with Crippen molar-refractivity contribution in [2.45, 2.75) is 24.5 Å². The Kier molecular flexibility index (Phi) is 2.71. The molecule has 0 aromatic rings. The third-order valence-corrected chi connectivity index (χ3v) is 2.32. The van der Waals surface area contributed by atoms with Crippen molar-refractivity contribution in [3.63, 3.8) is 0 Å². The van der Waals surface area contributed by atoms with Crippen molar-refractivity contribution in [3.05, 3.63) is 24.6 Å². The fraction of sp³-hybridized carbons (Fsp3) is 0.400. The van der Waals surface area contributed by atoms with Gasteiger partial charge in [-0.3, -0.25) is 9.98 Å². The van der Waals surface area contributed by atoms with Gasteiger partial charge in [-0.1, -0.05) is 23.8 Å². The number of hydrogen-bond acceptors (Lipinski definition) is 2. The third-order valence-electron chi connectivity index (χ3n) is 2.32. The molecule has 0 aromatic carbocycles. The van der Waals surface area contributed by atoms with E-state index in [1.807, 2.05) is 12.2 Å². The zero-order valence-electron chi connectivity index (χ0n) is 7.93. The molecular weight excluding hydrogens is 170 g/mol. The molecule has 0 aliphatic carbocycles. The smallest absolute Gasteiger partial charge is 0.0761 e. The molecule has 0 bridgehead atoms. The molecule has 14 heavy (non-hydrogen) atoms. The van der Waals surface area contributed by atoms with Gasteiger partial charge in [0.05, 0.1) is 27.1 Å². The van der Waals surface area contributed by atoms with Crippen LogP contribution in [-0.4, -0.2) is 27.1 Å². The molecule has 0 saturated carbocycles. The predicted octanol–water partition coefficient (Wildman–Crippen LogP) is 1.62. The van der Waals surface area contributed by atoms with Gasteiger partial charge < -0.3 is 0 Å². The first-order chi connectivity index (χ1) is 6.75. The number of hydrogen-bond donors (Lipinski definition) is 0. The summed E-state index contributed by atoms with van der Waals surface area (Å²) in [5.74, 6) is 0.125. The van der Waals surface area contributed by atoms with E-state index in [2.05, 4.69) is 9.98 Å². The van der Waals surface area contributed by atoms with Gasteiger partial charge in [-0.25, -0.2) is 0 Å². The molecule has 0 saturated heterocycles. The van der Waals surface area contributed by atoms with Gasteiger partial charge in [0.15, 0.2) is 0 Å². The van der Waals surface area contributed by atoms with Gasteiger partial charge in [0.1, 0.15) is 0 Å². The van der Waals surface area contributed by atoms with Crippen molar-refractivity contribution in [1.29, 1.82) is 0 Å². The molecular formula is C10H10B2N2. The van der Waals surface area contributed by atoms with Crippen LogP contribution in [0.15, 0.2) is 34.5 Å². The monoisotopic (exact) mass is 180 g/mol. The van der Waals surface area contributed by atoms with Crippen LogP contribution in [0.3, 0.4) is 0 Å². The van der Waals surface area contributed by atoms with Gasteiger partial charge in [0, 0.05) is 12.4 Å². The highest BCUT2D eigenvalue weighted by Crippen LogP contribution is 2.21. The minimum absolute atomic E-state index is 0.0623. The number of rotatable bonds is 1. The standard InChI is InChI=1S/C10H10B2N2/c11-7-1-3-13-9(5-7)10-6-8(12)2-4-14-10/h1-4,7-8H,5-6H2. The largest absolute Gasteiger partial charge is 0.260 e. The molecule has 0 spiro atoms. The summed E-state index contributed by atoms with van der Waals surface area (Å²) in [5, 5.41) is 0. The first-order valence-corrected chi connectivity index (χ1v) is 4.74. The van der Waals surface area contributed by atoms with E-state index in [1.165, 1.54) is 0 Å². The first kappa shape index (κ1) is 9.50. The molecule has 4 radical (unpaired) electrons. The van der Waals surface area contributed by atoms with E-state index in [9.17, 15) is 0 Å². The fourth-order valence-corrected chi connectivity index (χ4v) is 1.56. The van der Waals surface area contributed by atoms with Gasteiger partial charge in [-0.15, -0.1) is 0 Å². The topological polar surface area (TPSA) is 24.7 Å². The molecule has 2 aliphatic rings. The summed E-state index contributed by atoms with van der Waals surface area (Å²) < 4.78 is 0. The van der Waals surface area contributed by atoms with Crippen LogP contribution in [0.25, 0.3) is 0 Å². The summed E-state index contributed by atoms with van der Waals surface area (Å²) in [6, 6.07) is 0. The molecule has 2 aliphatic heterocycles. The van der Waals surface area contributed by atoms with E-state index in [-0.39, 0.29) is 11.6 Å². The second-order valence-corrected chi connectivity index (χ2v) is 3.57. The lowest BCUT2D eigenvalue weighted by Crippen LogP contribution is -2.20. The minimum Gasteiger partial charge on any atom is -0.260 e. The lowest BCUT2D eigenvalue weighted by atomic mass is 9.77. The Bertz CT molecular complexity index is 308. The maximum Gasteiger partial charge on any atom is 0.0761 e. The molecule has 2 unspecified atom stereocenters. The van der Waals surface area contributed by atoms with Gasteiger partial charge in [-0.05, 0) is 12.8 Å². The van der Waals surface area contributed by atoms with E-state index >= 15 is 0 Å². The lowest BCUT2D eigenvalue weighted by molar-refractivity contribution is 1.02. The van der Waals surface area contributed by atoms with E-state index in [0.29, 0.717) is 0 Å². The van der Waals surface area contributed by atoms with Gasteiger partial charge >= 0.3 is 0 Å². The molecule has 4 heteroatoms. The fourth-order valence-electron chi connectivity index (χ4n) is 1.56. The summed E-state index contributed by atoms with van der Waals surface area (Å²) in [5.41, 5.74) is 1.94. The molecule has 2 atom stereocenters. The van der Waals surface area contributed by atoms with Crippen LogP contribution in [-0.2, 0) is 0 Å². The zero-order valence-corrected chi connectivity index (χ0v) is 7.93. The van der Waals surface area contributed by atoms with E-state index in [0.717, 1.165) is 24.3 Å². The van der Waals surface area contributed by atoms with E-state index in [4.69, 9.17) is 15.7 Å². The minimum atomic E-state index is 0.0623. The Morgan fingerprint density at radius 2 is 1.36 bits per heavy atom. The van der Waals surface area contributed by atoms with Crippen LogP contribution in [0, 0.1) is 0 Å². The Hall–Kier alpha value is -1.05. The van der Waals surface area contributed by atoms with Crippen molar-refractivity contribution in [2.75, 3.05) is 0 Å². The summed E-state index contributed by atoms with van der Waals surface area (Å²) in [6.45, 7) is 0. The van der Waals surface area contributed by atoms with Crippen molar-refractivity contribution >= 4 is 27.1 Å². The second-order valence-electron chi connectivity index (χ2n) is 3.57. The van der Waals surface area contributed by atoms with Crippen LogP contribution in [0.4, 0.5) is 0 Å². The predicted molar refractivity (Wildman–Crippen MR) is 61.4 cm³/mol. The third kappa shape index (κ3) is 2.06. The van der Waals surface area contributed by atoms with Crippen LogP contribution in [0.2, 0.25) is 11.6 Å². The lowest BCUT2D eigenvalue weighted by Gasteiger charge is -2.18. The molecule has 2 rings (SSSR count). The highest BCUT2D eigenvalue weighted by molar-refractivity contribution is 6.45. The summed E-state index contributed by atoms with van der Waals surface area (Å²) in [6.07, 6.45) is 8.79. The SMILES string of the molecule is [B]C1C=CN=C(C2=NC=CC([B])C2)C1. The van der Waals surface area contributed by atoms with Gasteiger partial charge in [0.25, 0.3) is 0 Å². The highest BCUT2D eigenvalue weighted by atomic mass is 14.8. The van der Waals surface area contributed by atoms with E-state index < -0.39 is 0 Å². The number of nitrogens with zero attached hydrogens (tertiary/aromatic N) is 2. The molecule has 2 heterocycles. The summed E-state index contributed by atoms with van der Waals surface area (Å²) in [7, 11) is 11.6. The highest BCUT2D eigenvalue weighted by Gasteiger charge is 2.16. The maximum atomic E-state index is 5.79. The zero-order chi connectivity index (χ0) is 9.97. The average molecular weight is 180 g/mol. The molecule has 66 valence electrons. The Labute approximate surface area is 86.7 Å². The molecule has 0 aromatic heterocycles. The molecule has 0 N–H and O–H groups in total. The summed E-state index contributed by atoms with van der Waals surface area (Å²) >= 11 is 0. The first-order valence-electron chi connectivity index (χ1n) is 4.74. The van der Waals surface area contributed by atoms with E-state index in [1.54, 1.807) is 12.4 Å². The van der Waals surface area contributed by atoms with Gasteiger partial charge in [-0.2, -0.15) is 0 Å². The average Bonchev–Trinajstić information content (AvgIpc) is 2.18. The Balaban J connectivity index is 2.16. The Morgan fingerprint density at radius 3 is 1.71 bits per heavy atom. The van der Waals surface area contributed by atoms with Crippen LogP contribution < -0.4 is 0 Å². The normalized spacial score (nSPS) is 31.1. The molecule has 0 fully saturated rings.